The highest BCUT2D eigenvalue weighted by atomic mass is 16.3. The summed E-state index contributed by atoms with van der Waals surface area (Å²) in [5, 5.41) is 3.38. The molecule has 1 N–H and O–H groups in total. The Hall–Kier alpha value is -1.29. The fourth-order valence-corrected chi connectivity index (χ4v) is 2.55. The molecule has 18 heavy (non-hydrogen) atoms. The normalized spacial score (nSPS) is 23.9. The van der Waals surface area contributed by atoms with E-state index in [9.17, 15) is 4.79 Å². The zero-order chi connectivity index (χ0) is 13.0. The van der Waals surface area contributed by atoms with Crippen LogP contribution in [0.2, 0.25) is 0 Å². The summed E-state index contributed by atoms with van der Waals surface area (Å²) in [6.07, 6.45) is 3.53. The highest BCUT2D eigenvalue weighted by Crippen LogP contribution is 2.20. The molecule has 1 fully saturated rings. The first-order chi connectivity index (χ1) is 8.70. The van der Waals surface area contributed by atoms with Crippen molar-refractivity contribution in [3.05, 3.63) is 24.2 Å². The lowest BCUT2D eigenvalue weighted by atomic mass is 9.92. The van der Waals surface area contributed by atoms with Crippen LogP contribution >= 0.6 is 0 Å². The van der Waals surface area contributed by atoms with Gasteiger partial charge in [-0.3, -0.25) is 4.79 Å². The summed E-state index contributed by atoms with van der Waals surface area (Å²) in [5.41, 5.74) is 0. The van der Waals surface area contributed by atoms with E-state index in [-0.39, 0.29) is 11.8 Å². The lowest BCUT2D eigenvalue weighted by molar-refractivity contribution is -0.137. The molecule has 2 heterocycles. The van der Waals surface area contributed by atoms with Crippen LogP contribution in [0.25, 0.3) is 0 Å². The summed E-state index contributed by atoms with van der Waals surface area (Å²) in [5.74, 6) is 1.28. The summed E-state index contributed by atoms with van der Waals surface area (Å²) in [4.78, 5) is 14.3. The van der Waals surface area contributed by atoms with Crippen LogP contribution < -0.4 is 5.32 Å². The molecule has 0 aliphatic carbocycles. The number of nitrogens with one attached hydrogen (secondary N) is 1. The van der Waals surface area contributed by atoms with Crippen molar-refractivity contribution in [1.82, 2.24) is 10.2 Å². The first-order valence-corrected chi connectivity index (χ1v) is 6.75. The van der Waals surface area contributed by atoms with E-state index in [1.165, 1.54) is 0 Å². The second-order valence-corrected chi connectivity index (χ2v) is 5.01. The molecule has 2 unspecified atom stereocenters. The first-order valence-electron chi connectivity index (χ1n) is 6.75. The van der Waals surface area contributed by atoms with E-state index >= 15 is 0 Å². The van der Waals surface area contributed by atoms with Gasteiger partial charge in [-0.05, 0) is 45.4 Å². The Balaban J connectivity index is 1.96. The monoisotopic (exact) mass is 250 g/mol. The Bertz CT molecular complexity index is 375. The predicted octanol–water partition coefficient (Wildman–Crippen LogP) is 2.02. The maximum Gasteiger partial charge on any atom is 0.226 e. The smallest absolute Gasteiger partial charge is 0.226 e. The molecular formula is C14H22N2O2. The van der Waals surface area contributed by atoms with Crippen molar-refractivity contribution < 1.29 is 9.21 Å². The fraction of sp³-hybridized carbons (Fsp3) is 0.643. The Labute approximate surface area is 108 Å². The maximum absolute atomic E-state index is 12.5. The van der Waals surface area contributed by atoms with E-state index in [2.05, 4.69) is 12.2 Å². The molecule has 2 atom stereocenters. The number of piperidine rings is 1. The minimum Gasteiger partial charge on any atom is -0.467 e. The van der Waals surface area contributed by atoms with Gasteiger partial charge in [0.1, 0.15) is 5.76 Å². The molecule has 0 saturated carbocycles. The second kappa shape index (κ2) is 6.05. The molecule has 1 aromatic rings. The van der Waals surface area contributed by atoms with Gasteiger partial charge in [0.2, 0.25) is 5.91 Å². The van der Waals surface area contributed by atoms with Crippen molar-refractivity contribution in [1.29, 1.82) is 0 Å². The van der Waals surface area contributed by atoms with E-state index in [0.717, 1.165) is 31.7 Å². The Morgan fingerprint density at radius 3 is 3.06 bits per heavy atom. The summed E-state index contributed by atoms with van der Waals surface area (Å²) < 4.78 is 5.32. The zero-order valence-corrected chi connectivity index (χ0v) is 11.2. The number of carbonyl (C=O) groups is 1. The molecule has 0 aromatic carbocycles. The standard InChI is InChI=1S/C14H22N2O2/c1-3-16(10-13-5-4-8-18-13)14(17)12-6-7-15-11(2)9-12/h4-5,8,11-12,15H,3,6-7,9-10H2,1-2H3. The van der Waals surface area contributed by atoms with Gasteiger partial charge in [-0.2, -0.15) is 0 Å². The van der Waals surface area contributed by atoms with Gasteiger partial charge < -0.3 is 14.6 Å². The Morgan fingerprint density at radius 2 is 2.44 bits per heavy atom. The molecule has 4 nitrogen and oxygen atoms in total. The number of hydrogen-bond acceptors (Lipinski definition) is 3. The second-order valence-electron chi connectivity index (χ2n) is 5.01. The van der Waals surface area contributed by atoms with Crippen molar-refractivity contribution in [2.24, 2.45) is 5.92 Å². The Morgan fingerprint density at radius 1 is 1.61 bits per heavy atom. The minimum absolute atomic E-state index is 0.163. The molecule has 1 aliphatic heterocycles. The molecule has 2 rings (SSSR count). The topological polar surface area (TPSA) is 45.5 Å². The number of rotatable bonds is 4. The van der Waals surface area contributed by atoms with Gasteiger partial charge in [-0.1, -0.05) is 0 Å². The number of carbonyl (C=O) groups excluding carboxylic acids is 1. The molecule has 1 amide bonds. The fourth-order valence-electron chi connectivity index (χ4n) is 2.55. The largest absolute Gasteiger partial charge is 0.467 e. The minimum atomic E-state index is 0.163. The highest BCUT2D eigenvalue weighted by molar-refractivity contribution is 5.79. The lowest BCUT2D eigenvalue weighted by Crippen LogP contribution is -2.43. The predicted molar refractivity (Wildman–Crippen MR) is 70.0 cm³/mol. The van der Waals surface area contributed by atoms with Crippen molar-refractivity contribution in [3.8, 4) is 0 Å². The van der Waals surface area contributed by atoms with Gasteiger partial charge in [0, 0.05) is 18.5 Å². The van der Waals surface area contributed by atoms with Crippen LogP contribution in [0.4, 0.5) is 0 Å². The van der Waals surface area contributed by atoms with Gasteiger partial charge in [0.05, 0.1) is 12.8 Å². The van der Waals surface area contributed by atoms with E-state index in [0.29, 0.717) is 12.6 Å². The third-order valence-electron chi connectivity index (χ3n) is 3.59. The third-order valence-corrected chi connectivity index (χ3v) is 3.59. The van der Waals surface area contributed by atoms with Crippen LogP contribution in [-0.2, 0) is 11.3 Å². The van der Waals surface area contributed by atoms with Crippen LogP contribution in [0.3, 0.4) is 0 Å². The van der Waals surface area contributed by atoms with E-state index in [4.69, 9.17) is 4.42 Å². The van der Waals surface area contributed by atoms with Crippen molar-refractivity contribution >= 4 is 5.91 Å². The molecule has 0 radical (unpaired) electrons. The summed E-state index contributed by atoms with van der Waals surface area (Å²) >= 11 is 0. The molecule has 0 spiro atoms. The van der Waals surface area contributed by atoms with E-state index in [1.54, 1.807) is 6.26 Å². The molecule has 0 bridgehead atoms. The summed E-state index contributed by atoms with van der Waals surface area (Å²) in [7, 11) is 0. The van der Waals surface area contributed by atoms with Crippen molar-refractivity contribution in [3.63, 3.8) is 0 Å². The van der Waals surface area contributed by atoms with Crippen LogP contribution in [0.5, 0.6) is 0 Å². The molecule has 1 aromatic heterocycles. The quantitative estimate of drug-likeness (QED) is 0.889. The van der Waals surface area contributed by atoms with Gasteiger partial charge in [-0.15, -0.1) is 0 Å². The van der Waals surface area contributed by atoms with E-state index in [1.807, 2.05) is 24.0 Å². The molecule has 100 valence electrons. The summed E-state index contributed by atoms with van der Waals surface area (Å²) in [6.45, 7) is 6.42. The van der Waals surface area contributed by atoms with Crippen LogP contribution in [-0.4, -0.2) is 29.9 Å². The zero-order valence-electron chi connectivity index (χ0n) is 11.2. The number of amides is 1. The molecule has 1 aliphatic rings. The molecular weight excluding hydrogens is 228 g/mol. The van der Waals surface area contributed by atoms with E-state index < -0.39 is 0 Å². The van der Waals surface area contributed by atoms with Crippen LogP contribution in [0.15, 0.2) is 22.8 Å². The lowest BCUT2D eigenvalue weighted by Gasteiger charge is -2.31. The molecule has 4 heteroatoms. The summed E-state index contributed by atoms with van der Waals surface area (Å²) in [6, 6.07) is 4.22. The SMILES string of the molecule is CCN(Cc1ccco1)C(=O)C1CCNC(C)C1. The third kappa shape index (κ3) is 3.13. The number of hydrogen-bond donors (Lipinski definition) is 1. The van der Waals surface area contributed by atoms with Gasteiger partial charge in [0.25, 0.3) is 0 Å². The van der Waals surface area contributed by atoms with Crippen LogP contribution in [0.1, 0.15) is 32.4 Å². The average molecular weight is 250 g/mol. The molecule has 1 saturated heterocycles. The van der Waals surface area contributed by atoms with Gasteiger partial charge in [-0.25, -0.2) is 0 Å². The number of furan rings is 1. The van der Waals surface area contributed by atoms with Crippen molar-refractivity contribution in [2.45, 2.75) is 39.3 Å². The maximum atomic E-state index is 12.5. The van der Waals surface area contributed by atoms with Gasteiger partial charge in [0.15, 0.2) is 0 Å². The highest BCUT2D eigenvalue weighted by Gasteiger charge is 2.28. The number of nitrogens with zero attached hydrogens (tertiary/aromatic N) is 1. The van der Waals surface area contributed by atoms with Gasteiger partial charge >= 0.3 is 0 Å². The van der Waals surface area contributed by atoms with Crippen LogP contribution in [0, 0.1) is 5.92 Å². The average Bonchev–Trinajstić information content (AvgIpc) is 2.88. The van der Waals surface area contributed by atoms with Crippen molar-refractivity contribution in [2.75, 3.05) is 13.1 Å². The Kier molecular flexibility index (Phi) is 4.42. The first kappa shape index (κ1) is 13.1.